The Bertz CT molecular complexity index is 580. The maximum Gasteiger partial charge on any atom is 0.0670 e. The lowest BCUT2D eigenvalue weighted by Gasteiger charge is -1.96. The van der Waals surface area contributed by atoms with Crippen LogP contribution in [0.5, 0.6) is 0 Å². The highest BCUT2D eigenvalue weighted by atomic mass is 14.2. The second-order valence-electron chi connectivity index (χ2n) is 4.02. The first-order valence-electron chi connectivity index (χ1n) is 6.48. The molecule has 0 bridgehead atoms. The summed E-state index contributed by atoms with van der Waals surface area (Å²) in [5, 5.41) is 8.73. The van der Waals surface area contributed by atoms with Crippen molar-refractivity contribution < 1.29 is 0 Å². The average Bonchev–Trinajstić information content (AvgIpc) is 2.44. The SMILES string of the molecule is CCCCC#CC=CC#Cc1ccccc1CC#N. The van der Waals surface area contributed by atoms with E-state index in [0.717, 1.165) is 24.0 Å². The van der Waals surface area contributed by atoms with Crippen LogP contribution in [0.3, 0.4) is 0 Å². The summed E-state index contributed by atoms with van der Waals surface area (Å²) in [4.78, 5) is 0. The van der Waals surface area contributed by atoms with Gasteiger partial charge in [-0.2, -0.15) is 5.26 Å². The maximum atomic E-state index is 8.73. The number of hydrogen-bond donors (Lipinski definition) is 0. The van der Waals surface area contributed by atoms with Crippen LogP contribution in [0.4, 0.5) is 0 Å². The van der Waals surface area contributed by atoms with E-state index in [-0.39, 0.29) is 0 Å². The van der Waals surface area contributed by atoms with Crippen molar-refractivity contribution in [3.05, 3.63) is 47.5 Å². The third kappa shape index (κ3) is 6.16. The highest BCUT2D eigenvalue weighted by Gasteiger charge is 1.96. The fraction of sp³-hybridized carbons (Fsp3) is 0.278. The minimum Gasteiger partial charge on any atom is -0.198 e. The van der Waals surface area contributed by atoms with Gasteiger partial charge in [0.15, 0.2) is 0 Å². The van der Waals surface area contributed by atoms with Gasteiger partial charge in [-0.05, 0) is 30.2 Å². The third-order valence-electron chi connectivity index (χ3n) is 2.50. The Morgan fingerprint density at radius 3 is 2.74 bits per heavy atom. The molecule has 0 heterocycles. The van der Waals surface area contributed by atoms with Crippen LogP contribution in [0.25, 0.3) is 0 Å². The van der Waals surface area contributed by atoms with Crippen molar-refractivity contribution in [2.75, 3.05) is 0 Å². The zero-order valence-electron chi connectivity index (χ0n) is 11.2. The van der Waals surface area contributed by atoms with Gasteiger partial charge in [0.1, 0.15) is 0 Å². The van der Waals surface area contributed by atoms with E-state index in [1.807, 2.05) is 24.3 Å². The van der Waals surface area contributed by atoms with Gasteiger partial charge in [0, 0.05) is 12.0 Å². The molecule has 0 saturated heterocycles. The van der Waals surface area contributed by atoms with Crippen molar-refractivity contribution in [1.29, 1.82) is 5.26 Å². The molecular formula is C18H17N. The number of nitriles is 1. The average molecular weight is 247 g/mol. The summed E-state index contributed by atoms with van der Waals surface area (Å²) in [5.74, 6) is 12.0. The monoisotopic (exact) mass is 247 g/mol. The molecular weight excluding hydrogens is 230 g/mol. The molecule has 0 saturated carbocycles. The van der Waals surface area contributed by atoms with E-state index in [0.29, 0.717) is 6.42 Å². The lowest BCUT2D eigenvalue weighted by molar-refractivity contribution is 0.828. The summed E-state index contributed by atoms with van der Waals surface area (Å²) < 4.78 is 0. The van der Waals surface area contributed by atoms with Gasteiger partial charge in [-0.25, -0.2) is 0 Å². The number of unbranched alkanes of at least 4 members (excludes halogenated alkanes) is 2. The first-order valence-corrected chi connectivity index (χ1v) is 6.48. The first-order chi connectivity index (χ1) is 9.38. The Hall–Kier alpha value is -2.43. The smallest absolute Gasteiger partial charge is 0.0670 e. The molecule has 0 aromatic heterocycles. The Morgan fingerprint density at radius 1 is 1.16 bits per heavy atom. The number of nitrogens with zero attached hydrogens (tertiary/aromatic N) is 1. The molecule has 1 nitrogen and oxygen atoms in total. The molecule has 0 spiro atoms. The lowest BCUT2D eigenvalue weighted by atomic mass is 10.1. The van der Waals surface area contributed by atoms with Gasteiger partial charge < -0.3 is 0 Å². The van der Waals surface area contributed by atoms with Crippen LogP contribution < -0.4 is 0 Å². The number of allylic oxidation sites excluding steroid dienone is 2. The summed E-state index contributed by atoms with van der Waals surface area (Å²) in [5.41, 5.74) is 1.88. The molecule has 1 rings (SSSR count). The van der Waals surface area contributed by atoms with E-state index >= 15 is 0 Å². The van der Waals surface area contributed by atoms with E-state index in [1.54, 1.807) is 12.2 Å². The lowest BCUT2D eigenvalue weighted by Crippen LogP contribution is -1.86. The van der Waals surface area contributed by atoms with E-state index in [4.69, 9.17) is 5.26 Å². The molecule has 1 aromatic rings. The zero-order valence-corrected chi connectivity index (χ0v) is 11.2. The van der Waals surface area contributed by atoms with Crippen LogP contribution >= 0.6 is 0 Å². The van der Waals surface area contributed by atoms with Crippen LogP contribution in [-0.4, -0.2) is 0 Å². The second kappa shape index (κ2) is 9.58. The molecule has 1 aromatic carbocycles. The van der Waals surface area contributed by atoms with Gasteiger partial charge >= 0.3 is 0 Å². The van der Waals surface area contributed by atoms with Crippen molar-refractivity contribution in [2.24, 2.45) is 0 Å². The molecule has 0 aliphatic rings. The predicted molar refractivity (Wildman–Crippen MR) is 79.1 cm³/mol. The van der Waals surface area contributed by atoms with Crippen molar-refractivity contribution >= 4 is 0 Å². The second-order valence-corrected chi connectivity index (χ2v) is 4.02. The van der Waals surface area contributed by atoms with Crippen LogP contribution in [0.2, 0.25) is 0 Å². The molecule has 0 N–H and O–H groups in total. The Labute approximate surface area is 116 Å². The topological polar surface area (TPSA) is 23.8 Å². The molecule has 0 amide bonds. The summed E-state index contributed by atoms with van der Waals surface area (Å²) in [6.07, 6.45) is 7.18. The molecule has 0 aliphatic carbocycles. The summed E-state index contributed by atoms with van der Waals surface area (Å²) in [6, 6.07) is 9.86. The van der Waals surface area contributed by atoms with E-state index in [1.165, 1.54) is 6.42 Å². The van der Waals surface area contributed by atoms with Crippen molar-refractivity contribution in [1.82, 2.24) is 0 Å². The molecule has 94 valence electrons. The van der Waals surface area contributed by atoms with Gasteiger partial charge in [-0.3, -0.25) is 0 Å². The highest BCUT2D eigenvalue weighted by molar-refractivity contribution is 5.44. The zero-order chi connectivity index (χ0) is 13.8. The van der Waals surface area contributed by atoms with Crippen LogP contribution in [0.15, 0.2) is 36.4 Å². The third-order valence-corrected chi connectivity index (χ3v) is 2.50. The van der Waals surface area contributed by atoms with Gasteiger partial charge in [0.05, 0.1) is 12.5 Å². The predicted octanol–water partition coefficient (Wildman–Crippen LogP) is 3.85. The largest absolute Gasteiger partial charge is 0.198 e. The van der Waals surface area contributed by atoms with Gasteiger partial charge in [0.2, 0.25) is 0 Å². The fourth-order valence-electron chi connectivity index (χ4n) is 1.48. The first kappa shape index (κ1) is 14.6. The Balaban J connectivity index is 2.60. The van der Waals surface area contributed by atoms with E-state index in [9.17, 15) is 0 Å². The molecule has 0 unspecified atom stereocenters. The summed E-state index contributed by atoms with van der Waals surface area (Å²) in [6.45, 7) is 2.15. The van der Waals surface area contributed by atoms with Gasteiger partial charge in [-0.1, -0.05) is 55.2 Å². The molecule has 0 radical (unpaired) electrons. The van der Waals surface area contributed by atoms with Crippen LogP contribution in [0, 0.1) is 35.0 Å². The van der Waals surface area contributed by atoms with Crippen molar-refractivity contribution in [2.45, 2.75) is 32.6 Å². The summed E-state index contributed by atoms with van der Waals surface area (Å²) in [7, 11) is 0. The fourth-order valence-corrected chi connectivity index (χ4v) is 1.48. The summed E-state index contributed by atoms with van der Waals surface area (Å²) >= 11 is 0. The standard InChI is InChI=1S/C18H17N/c1-2-3-4-5-6-7-8-9-12-17-13-10-11-14-18(17)15-16-19/h7-8,10-11,13-14H,2-4,15H2,1H3. The molecule has 1 heteroatoms. The Morgan fingerprint density at radius 2 is 1.95 bits per heavy atom. The Kier molecular flexibility index (Phi) is 7.38. The molecule has 0 aliphatic heterocycles. The van der Waals surface area contributed by atoms with Crippen molar-refractivity contribution in [3.8, 4) is 29.8 Å². The van der Waals surface area contributed by atoms with E-state index < -0.39 is 0 Å². The normalized spacial score (nSPS) is 9.05. The minimum absolute atomic E-state index is 0.394. The quantitative estimate of drug-likeness (QED) is 0.588. The maximum absolute atomic E-state index is 8.73. The van der Waals surface area contributed by atoms with Crippen LogP contribution in [-0.2, 0) is 6.42 Å². The highest BCUT2D eigenvalue weighted by Crippen LogP contribution is 2.07. The minimum atomic E-state index is 0.394. The number of benzene rings is 1. The number of hydrogen-bond acceptors (Lipinski definition) is 1. The van der Waals surface area contributed by atoms with Gasteiger partial charge in [-0.15, -0.1) is 0 Å². The molecule has 0 atom stereocenters. The molecule has 0 fully saturated rings. The van der Waals surface area contributed by atoms with Crippen LogP contribution in [0.1, 0.15) is 37.3 Å². The molecule has 19 heavy (non-hydrogen) atoms. The van der Waals surface area contributed by atoms with Gasteiger partial charge in [0.25, 0.3) is 0 Å². The number of rotatable bonds is 3. The van der Waals surface area contributed by atoms with Crippen molar-refractivity contribution in [3.63, 3.8) is 0 Å². The van der Waals surface area contributed by atoms with E-state index in [2.05, 4.69) is 36.7 Å².